The van der Waals surface area contributed by atoms with Crippen LogP contribution < -0.4 is 10.6 Å². The molecule has 0 bridgehead atoms. The molecule has 2 heterocycles. The van der Waals surface area contributed by atoms with Crippen molar-refractivity contribution in [3.63, 3.8) is 0 Å². The summed E-state index contributed by atoms with van der Waals surface area (Å²) in [7, 11) is 0. The molecule has 28 heavy (non-hydrogen) atoms. The van der Waals surface area contributed by atoms with Crippen LogP contribution in [0.25, 0.3) is 11.3 Å². The molecular formula is C19H14F3N5O. The highest BCUT2D eigenvalue weighted by Gasteiger charge is 2.30. The number of aromatic nitrogens is 3. The molecular weight excluding hydrogens is 371 g/mol. The van der Waals surface area contributed by atoms with Crippen molar-refractivity contribution < 1.29 is 18.0 Å². The third kappa shape index (κ3) is 4.50. The van der Waals surface area contributed by atoms with Crippen LogP contribution in [0, 0.1) is 0 Å². The summed E-state index contributed by atoms with van der Waals surface area (Å²) in [4.78, 5) is 23.4. The number of halogens is 3. The number of amides is 1. The second-order valence-electron chi connectivity index (χ2n) is 5.60. The van der Waals surface area contributed by atoms with Gasteiger partial charge in [-0.05, 0) is 42.5 Å². The maximum Gasteiger partial charge on any atom is 0.417 e. The third-order valence-electron chi connectivity index (χ3n) is 3.68. The van der Waals surface area contributed by atoms with E-state index in [1.54, 1.807) is 30.5 Å². The zero-order chi connectivity index (χ0) is 20.1. The van der Waals surface area contributed by atoms with Crippen LogP contribution in [0.5, 0.6) is 0 Å². The average Bonchev–Trinajstić information content (AvgIpc) is 2.69. The standard InChI is InChI=1S/C19H14F3N5O/c1-2-18(28)26-13-4-5-16(14(9-13)15-7-8-23-11-25-15)27-17-6-3-12(10-24-17)19(20,21)22/h2-11H,1H2,(H,24,27)(H,26,28). The molecule has 3 rings (SSSR count). The Morgan fingerprint density at radius 2 is 1.93 bits per heavy atom. The Balaban J connectivity index is 1.95. The number of benzene rings is 1. The van der Waals surface area contributed by atoms with Crippen molar-refractivity contribution in [1.29, 1.82) is 0 Å². The molecule has 1 aromatic carbocycles. The first-order valence-corrected chi connectivity index (χ1v) is 8.01. The Kier molecular flexibility index (Phi) is 5.35. The van der Waals surface area contributed by atoms with Gasteiger partial charge in [-0.3, -0.25) is 4.79 Å². The van der Waals surface area contributed by atoms with E-state index >= 15 is 0 Å². The van der Waals surface area contributed by atoms with Crippen molar-refractivity contribution in [2.24, 2.45) is 0 Å². The molecule has 2 aromatic heterocycles. The van der Waals surface area contributed by atoms with Gasteiger partial charge in [0.2, 0.25) is 5.91 Å². The van der Waals surface area contributed by atoms with Crippen LogP contribution in [0.15, 0.2) is 67.8 Å². The number of pyridine rings is 1. The number of carbonyl (C=O) groups is 1. The van der Waals surface area contributed by atoms with Crippen LogP contribution in [0.2, 0.25) is 0 Å². The van der Waals surface area contributed by atoms with E-state index in [0.29, 0.717) is 22.6 Å². The van der Waals surface area contributed by atoms with Crippen LogP contribution in [0.1, 0.15) is 5.56 Å². The van der Waals surface area contributed by atoms with Crippen LogP contribution in [-0.2, 0) is 11.0 Å². The molecule has 0 saturated heterocycles. The van der Waals surface area contributed by atoms with Gasteiger partial charge in [0.25, 0.3) is 0 Å². The lowest BCUT2D eigenvalue weighted by Gasteiger charge is -2.14. The van der Waals surface area contributed by atoms with Crippen molar-refractivity contribution in [3.8, 4) is 11.3 Å². The number of hydrogen-bond acceptors (Lipinski definition) is 5. The van der Waals surface area contributed by atoms with Crippen molar-refractivity contribution >= 4 is 23.1 Å². The van der Waals surface area contributed by atoms with E-state index in [-0.39, 0.29) is 11.7 Å². The summed E-state index contributed by atoms with van der Waals surface area (Å²) in [5, 5.41) is 5.62. The Morgan fingerprint density at radius 3 is 2.54 bits per heavy atom. The van der Waals surface area contributed by atoms with Gasteiger partial charge in [0.1, 0.15) is 12.1 Å². The fourth-order valence-corrected chi connectivity index (χ4v) is 2.36. The minimum absolute atomic E-state index is 0.228. The average molecular weight is 385 g/mol. The minimum atomic E-state index is -4.46. The molecule has 0 aliphatic heterocycles. The predicted octanol–water partition coefficient (Wildman–Crippen LogP) is 4.43. The first kappa shape index (κ1) is 19.0. The maximum absolute atomic E-state index is 12.7. The second kappa shape index (κ2) is 7.87. The molecule has 142 valence electrons. The summed E-state index contributed by atoms with van der Waals surface area (Å²) in [5.74, 6) is -0.148. The van der Waals surface area contributed by atoms with Crippen LogP contribution in [0.4, 0.5) is 30.4 Å². The summed E-state index contributed by atoms with van der Waals surface area (Å²) in [5.41, 5.74) is 1.37. The summed E-state index contributed by atoms with van der Waals surface area (Å²) >= 11 is 0. The molecule has 1 amide bonds. The number of hydrogen-bond donors (Lipinski definition) is 2. The zero-order valence-corrected chi connectivity index (χ0v) is 14.4. The summed E-state index contributed by atoms with van der Waals surface area (Å²) < 4.78 is 38.1. The van der Waals surface area contributed by atoms with Gasteiger partial charge in [-0.2, -0.15) is 13.2 Å². The molecule has 0 saturated carbocycles. The molecule has 0 unspecified atom stereocenters. The molecule has 0 fully saturated rings. The van der Waals surface area contributed by atoms with Gasteiger partial charge in [0, 0.05) is 29.3 Å². The lowest BCUT2D eigenvalue weighted by Crippen LogP contribution is -2.08. The largest absolute Gasteiger partial charge is 0.417 e. The van der Waals surface area contributed by atoms with E-state index in [0.717, 1.165) is 18.3 Å². The maximum atomic E-state index is 12.7. The van der Waals surface area contributed by atoms with Gasteiger partial charge < -0.3 is 10.6 Å². The monoisotopic (exact) mass is 385 g/mol. The molecule has 2 N–H and O–H groups in total. The first-order valence-electron chi connectivity index (χ1n) is 8.01. The van der Waals surface area contributed by atoms with E-state index in [9.17, 15) is 18.0 Å². The van der Waals surface area contributed by atoms with Gasteiger partial charge in [-0.25, -0.2) is 15.0 Å². The van der Waals surface area contributed by atoms with E-state index in [4.69, 9.17) is 0 Å². The van der Waals surface area contributed by atoms with Gasteiger partial charge >= 0.3 is 6.18 Å². The van der Waals surface area contributed by atoms with Crippen LogP contribution in [-0.4, -0.2) is 20.9 Å². The molecule has 0 atom stereocenters. The Morgan fingerprint density at radius 1 is 1.11 bits per heavy atom. The van der Waals surface area contributed by atoms with Crippen LogP contribution in [0.3, 0.4) is 0 Å². The molecule has 0 spiro atoms. The second-order valence-corrected chi connectivity index (χ2v) is 5.60. The fourth-order valence-electron chi connectivity index (χ4n) is 2.36. The minimum Gasteiger partial charge on any atom is -0.340 e. The van der Waals surface area contributed by atoms with E-state index in [1.165, 1.54) is 12.4 Å². The highest BCUT2D eigenvalue weighted by atomic mass is 19.4. The number of nitrogens with one attached hydrogen (secondary N) is 2. The molecule has 0 radical (unpaired) electrons. The normalized spacial score (nSPS) is 11.0. The van der Waals surface area contributed by atoms with Gasteiger partial charge in [-0.1, -0.05) is 6.58 Å². The van der Waals surface area contributed by atoms with E-state index < -0.39 is 11.7 Å². The van der Waals surface area contributed by atoms with Crippen molar-refractivity contribution in [1.82, 2.24) is 15.0 Å². The molecule has 9 heteroatoms. The van der Waals surface area contributed by atoms with Crippen molar-refractivity contribution in [2.45, 2.75) is 6.18 Å². The quantitative estimate of drug-likeness (QED) is 0.636. The van der Waals surface area contributed by atoms with Gasteiger partial charge in [0.05, 0.1) is 11.3 Å². The molecule has 3 aromatic rings. The number of rotatable bonds is 5. The molecule has 0 aliphatic rings. The van der Waals surface area contributed by atoms with Crippen LogP contribution >= 0.6 is 0 Å². The lowest BCUT2D eigenvalue weighted by molar-refractivity contribution is -0.137. The summed E-state index contributed by atoms with van der Waals surface area (Å²) in [6, 6.07) is 8.82. The van der Waals surface area contributed by atoms with Crippen molar-refractivity contribution in [2.75, 3.05) is 10.6 Å². The van der Waals surface area contributed by atoms with E-state index in [2.05, 4.69) is 32.2 Å². The van der Waals surface area contributed by atoms with Gasteiger partial charge in [-0.15, -0.1) is 0 Å². The fraction of sp³-hybridized carbons (Fsp3) is 0.0526. The number of carbonyl (C=O) groups excluding carboxylic acids is 1. The summed E-state index contributed by atoms with van der Waals surface area (Å²) in [6.45, 7) is 3.40. The summed E-state index contributed by atoms with van der Waals surface area (Å²) in [6.07, 6.45) is 0.360. The Bertz CT molecular complexity index is 989. The first-order chi connectivity index (χ1) is 13.4. The topological polar surface area (TPSA) is 79.8 Å². The highest BCUT2D eigenvalue weighted by molar-refractivity contribution is 5.99. The van der Waals surface area contributed by atoms with E-state index in [1.807, 2.05) is 0 Å². The number of anilines is 3. The zero-order valence-electron chi connectivity index (χ0n) is 14.4. The SMILES string of the molecule is C=CC(=O)Nc1ccc(Nc2ccc(C(F)(F)F)cn2)c(-c2ccncn2)c1. The Hall–Kier alpha value is -3.75. The van der Waals surface area contributed by atoms with Crippen molar-refractivity contribution in [3.05, 3.63) is 73.3 Å². The lowest BCUT2D eigenvalue weighted by atomic mass is 10.1. The smallest absolute Gasteiger partial charge is 0.340 e. The molecule has 0 aliphatic carbocycles. The number of nitrogens with zero attached hydrogens (tertiary/aromatic N) is 3. The predicted molar refractivity (Wildman–Crippen MR) is 98.8 cm³/mol. The number of alkyl halides is 3. The third-order valence-corrected chi connectivity index (χ3v) is 3.68. The molecule has 6 nitrogen and oxygen atoms in total. The van der Waals surface area contributed by atoms with Gasteiger partial charge in [0.15, 0.2) is 0 Å². The highest BCUT2D eigenvalue weighted by Crippen LogP contribution is 2.33. The Labute approximate surface area is 158 Å².